The molecule has 4 rings (SSSR count). The summed E-state index contributed by atoms with van der Waals surface area (Å²) in [5, 5.41) is 0.956. The van der Waals surface area contributed by atoms with Crippen molar-refractivity contribution in [1.82, 2.24) is 0 Å². The van der Waals surface area contributed by atoms with Gasteiger partial charge in [-0.1, -0.05) is 66.5 Å². The van der Waals surface area contributed by atoms with Crippen LogP contribution >= 0.6 is 23.2 Å². The number of hydrogen-bond donors (Lipinski definition) is 0. The van der Waals surface area contributed by atoms with Crippen LogP contribution in [0.25, 0.3) is 0 Å². The molecule has 34 heavy (non-hydrogen) atoms. The Labute approximate surface area is 207 Å². The molecule has 0 aromatic heterocycles. The van der Waals surface area contributed by atoms with E-state index in [-0.39, 0.29) is 5.92 Å². The molecule has 0 N–H and O–H groups in total. The molecule has 6 heteroatoms. The first-order chi connectivity index (χ1) is 16.4. The molecule has 0 atom stereocenters. The second kappa shape index (κ2) is 10.6. The van der Waals surface area contributed by atoms with Gasteiger partial charge in [0.15, 0.2) is 0 Å². The molecular formula is C28H20Cl2O4. The topological polar surface area (TPSA) is 52.6 Å². The third kappa shape index (κ3) is 5.48. The Kier molecular flexibility index (Phi) is 7.31. The molecule has 170 valence electrons. The first-order valence-electron chi connectivity index (χ1n) is 10.6. The molecule has 0 bridgehead atoms. The van der Waals surface area contributed by atoms with E-state index in [4.69, 9.17) is 32.7 Å². The maximum Gasteiger partial charge on any atom is 0.343 e. The highest BCUT2D eigenvalue weighted by Gasteiger charge is 2.22. The van der Waals surface area contributed by atoms with Crippen molar-refractivity contribution in [2.75, 3.05) is 0 Å². The van der Waals surface area contributed by atoms with Crippen molar-refractivity contribution in [2.24, 2.45) is 0 Å². The van der Waals surface area contributed by atoms with Crippen LogP contribution in [-0.4, -0.2) is 11.9 Å². The minimum Gasteiger partial charge on any atom is -0.423 e. The number of ether oxygens (including phenoxy) is 2. The van der Waals surface area contributed by atoms with Crippen molar-refractivity contribution in [1.29, 1.82) is 0 Å². The summed E-state index contributed by atoms with van der Waals surface area (Å²) >= 11 is 12.6. The lowest BCUT2D eigenvalue weighted by atomic mass is 9.91. The molecule has 4 aromatic carbocycles. The van der Waals surface area contributed by atoms with E-state index in [2.05, 4.69) is 0 Å². The van der Waals surface area contributed by atoms with Gasteiger partial charge < -0.3 is 9.47 Å². The summed E-state index contributed by atoms with van der Waals surface area (Å²) in [6.45, 7) is 1.90. The lowest BCUT2D eigenvalue weighted by Gasteiger charge is -2.20. The monoisotopic (exact) mass is 490 g/mol. The predicted molar refractivity (Wildman–Crippen MR) is 133 cm³/mol. The summed E-state index contributed by atoms with van der Waals surface area (Å²) in [5.74, 6) is -0.636. The summed E-state index contributed by atoms with van der Waals surface area (Å²) in [6, 6.07) is 27.5. The van der Waals surface area contributed by atoms with Crippen LogP contribution in [0.5, 0.6) is 11.5 Å². The van der Waals surface area contributed by atoms with E-state index in [9.17, 15) is 9.59 Å². The summed E-state index contributed by atoms with van der Waals surface area (Å²) in [7, 11) is 0. The van der Waals surface area contributed by atoms with E-state index in [0.717, 1.165) is 0 Å². The maximum absolute atomic E-state index is 12.7. The average Bonchev–Trinajstić information content (AvgIpc) is 2.86. The Hall–Kier alpha value is -3.60. The number of hydrogen-bond acceptors (Lipinski definition) is 4. The molecule has 0 spiro atoms. The highest BCUT2D eigenvalue weighted by atomic mass is 35.5. The fourth-order valence-corrected chi connectivity index (χ4v) is 3.90. The fraction of sp³-hybridized carbons (Fsp3) is 0.0714. The van der Waals surface area contributed by atoms with Crippen LogP contribution < -0.4 is 9.47 Å². The van der Waals surface area contributed by atoms with Crippen LogP contribution in [0.4, 0.5) is 0 Å². The Morgan fingerprint density at radius 3 is 1.38 bits per heavy atom. The molecule has 0 saturated carbocycles. The maximum atomic E-state index is 12.7. The van der Waals surface area contributed by atoms with Gasteiger partial charge in [-0.25, -0.2) is 9.59 Å². The van der Waals surface area contributed by atoms with Crippen molar-refractivity contribution >= 4 is 35.1 Å². The molecule has 0 aliphatic carbocycles. The van der Waals surface area contributed by atoms with Gasteiger partial charge in [-0.15, -0.1) is 0 Å². The van der Waals surface area contributed by atoms with Crippen molar-refractivity contribution in [3.05, 3.63) is 129 Å². The molecule has 0 unspecified atom stereocenters. The number of carbonyl (C=O) groups is 2. The molecule has 0 radical (unpaired) electrons. The lowest BCUT2D eigenvalue weighted by molar-refractivity contribution is 0.0725. The fourth-order valence-electron chi connectivity index (χ4n) is 3.53. The smallest absolute Gasteiger partial charge is 0.343 e. The lowest BCUT2D eigenvalue weighted by Crippen LogP contribution is -2.13. The zero-order valence-electron chi connectivity index (χ0n) is 18.2. The first kappa shape index (κ1) is 23.6. The van der Waals surface area contributed by atoms with Gasteiger partial charge in [0.1, 0.15) is 11.5 Å². The number of halogens is 2. The normalized spacial score (nSPS) is 10.7. The molecule has 4 nitrogen and oxygen atoms in total. The van der Waals surface area contributed by atoms with E-state index in [1.807, 2.05) is 19.1 Å². The van der Waals surface area contributed by atoms with Gasteiger partial charge in [-0.3, -0.25) is 0 Å². The summed E-state index contributed by atoms with van der Waals surface area (Å²) in [5.41, 5.74) is 2.15. The summed E-state index contributed by atoms with van der Waals surface area (Å²) in [6.07, 6.45) is 0. The Morgan fingerprint density at radius 1 is 0.618 bits per heavy atom. The van der Waals surface area contributed by atoms with Crippen LogP contribution in [-0.2, 0) is 0 Å². The minimum atomic E-state index is -0.488. The third-order valence-corrected chi connectivity index (χ3v) is 5.77. The second-order valence-corrected chi connectivity index (χ2v) is 8.47. The van der Waals surface area contributed by atoms with Crippen LogP contribution in [0.1, 0.15) is 44.7 Å². The van der Waals surface area contributed by atoms with E-state index in [1.165, 1.54) is 0 Å². The largest absolute Gasteiger partial charge is 0.423 e. The molecule has 0 fully saturated rings. The molecule has 4 aromatic rings. The minimum absolute atomic E-state index is 0.353. The van der Waals surface area contributed by atoms with Gasteiger partial charge in [0.25, 0.3) is 0 Å². The molecule has 0 amide bonds. The van der Waals surface area contributed by atoms with Crippen LogP contribution in [0, 0.1) is 0 Å². The van der Waals surface area contributed by atoms with Gasteiger partial charge in [-0.2, -0.15) is 0 Å². The molecule has 0 heterocycles. The number of carbonyl (C=O) groups excluding carboxylic acids is 2. The van der Waals surface area contributed by atoms with Gasteiger partial charge in [0.2, 0.25) is 0 Å². The zero-order chi connectivity index (χ0) is 24.1. The number of rotatable bonds is 6. The molecule has 0 aliphatic rings. The first-order valence-corrected chi connectivity index (χ1v) is 11.3. The summed E-state index contributed by atoms with van der Waals surface area (Å²) in [4.78, 5) is 25.4. The Morgan fingerprint density at radius 2 is 1.00 bits per heavy atom. The van der Waals surface area contributed by atoms with E-state index in [1.54, 1.807) is 84.9 Å². The second-order valence-electron chi connectivity index (χ2n) is 7.60. The SMILES string of the molecule is CC(c1cc(Cl)ccc1OC(=O)c1ccccc1)c1cc(Cl)ccc1OC(=O)c1ccccc1. The molecular weight excluding hydrogens is 471 g/mol. The van der Waals surface area contributed by atoms with Crippen molar-refractivity contribution in [3.63, 3.8) is 0 Å². The zero-order valence-corrected chi connectivity index (χ0v) is 19.7. The Bertz CT molecular complexity index is 1220. The van der Waals surface area contributed by atoms with Gasteiger partial charge in [-0.05, 0) is 60.7 Å². The predicted octanol–water partition coefficient (Wildman–Crippen LogP) is 7.58. The van der Waals surface area contributed by atoms with E-state index in [0.29, 0.717) is 43.8 Å². The highest BCUT2D eigenvalue weighted by Crippen LogP contribution is 2.39. The number of esters is 2. The van der Waals surface area contributed by atoms with Crippen LogP contribution in [0.3, 0.4) is 0 Å². The van der Waals surface area contributed by atoms with Crippen LogP contribution in [0.15, 0.2) is 97.1 Å². The Balaban J connectivity index is 1.68. The van der Waals surface area contributed by atoms with Gasteiger partial charge in [0, 0.05) is 27.1 Å². The van der Waals surface area contributed by atoms with Crippen molar-refractivity contribution in [2.45, 2.75) is 12.8 Å². The third-order valence-electron chi connectivity index (χ3n) is 5.30. The number of benzene rings is 4. The van der Waals surface area contributed by atoms with Crippen molar-refractivity contribution in [3.8, 4) is 11.5 Å². The quantitative estimate of drug-likeness (QED) is 0.206. The van der Waals surface area contributed by atoms with Crippen molar-refractivity contribution < 1.29 is 19.1 Å². The van der Waals surface area contributed by atoms with E-state index >= 15 is 0 Å². The average molecular weight is 491 g/mol. The highest BCUT2D eigenvalue weighted by molar-refractivity contribution is 6.31. The van der Waals surface area contributed by atoms with E-state index < -0.39 is 11.9 Å². The van der Waals surface area contributed by atoms with Gasteiger partial charge >= 0.3 is 11.9 Å². The molecule has 0 aliphatic heterocycles. The van der Waals surface area contributed by atoms with Crippen LogP contribution in [0.2, 0.25) is 10.0 Å². The van der Waals surface area contributed by atoms with Gasteiger partial charge in [0.05, 0.1) is 11.1 Å². The standard InChI is InChI=1S/C28H20Cl2O4/c1-18(23-16-21(29)12-14-25(23)33-27(31)19-8-4-2-5-9-19)24-17-22(30)13-15-26(24)34-28(32)20-10-6-3-7-11-20/h2-18H,1H3. The summed E-state index contributed by atoms with van der Waals surface area (Å²) < 4.78 is 11.4. The molecule has 0 saturated heterocycles.